The first-order valence-corrected chi connectivity index (χ1v) is 5.60. The lowest BCUT2D eigenvalue weighted by atomic mass is 10.0. The summed E-state index contributed by atoms with van der Waals surface area (Å²) in [6.45, 7) is 3.93. The summed E-state index contributed by atoms with van der Waals surface area (Å²) in [7, 11) is 1.61. The molecule has 0 saturated heterocycles. The van der Waals surface area contributed by atoms with Gasteiger partial charge in [-0.3, -0.25) is 0 Å². The van der Waals surface area contributed by atoms with Gasteiger partial charge in [0, 0.05) is 6.04 Å². The molecule has 0 saturated carbocycles. The molecule has 1 aromatic rings. The van der Waals surface area contributed by atoms with Gasteiger partial charge < -0.3 is 19.9 Å². The summed E-state index contributed by atoms with van der Waals surface area (Å²) < 4.78 is 16.0. The highest BCUT2D eigenvalue weighted by Gasteiger charge is 2.21. The van der Waals surface area contributed by atoms with E-state index < -0.39 is 0 Å². The van der Waals surface area contributed by atoms with Crippen molar-refractivity contribution >= 4 is 0 Å². The van der Waals surface area contributed by atoms with E-state index in [0.29, 0.717) is 17.2 Å². The first-order chi connectivity index (χ1) is 8.26. The third kappa shape index (κ3) is 2.36. The molecule has 4 nitrogen and oxygen atoms in total. The zero-order valence-corrected chi connectivity index (χ0v) is 9.94. The fourth-order valence-corrected chi connectivity index (χ4v) is 1.83. The summed E-state index contributed by atoms with van der Waals surface area (Å²) in [6.07, 6.45) is 3.61. The molecule has 1 heterocycles. The fraction of sp³-hybridized carbons (Fsp3) is 0.385. The molecule has 2 N–H and O–H groups in total. The van der Waals surface area contributed by atoms with Gasteiger partial charge in [-0.15, -0.1) is 6.58 Å². The molecule has 1 aliphatic heterocycles. The number of ether oxygens (including phenoxy) is 3. The molecular weight excluding hydrogens is 218 g/mol. The highest BCUT2D eigenvalue weighted by atomic mass is 16.7. The van der Waals surface area contributed by atoms with E-state index in [2.05, 4.69) is 6.58 Å². The van der Waals surface area contributed by atoms with E-state index in [4.69, 9.17) is 19.9 Å². The Hall–Kier alpha value is -1.68. The van der Waals surface area contributed by atoms with Crippen LogP contribution in [0.5, 0.6) is 17.2 Å². The van der Waals surface area contributed by atoms with Crippen molar-refractivity contribution in [2.75, 3.05) is 13.9 Å². The minimum Gasteiger partial charge on any atom is -0.493 e. The maximum Gasteiger partial charge on any atom is 0.231 e. The Morgan fingerprint density at radius 2 is 2.35 bits per heavy atom. The number of allylic oxidation sites excluding steroid dienone is 1. The van der Waals surface area contributed by atoms with Crippen molar-refractivity contribution in [1.82, 2.24) is 0 Å². The molecule has 92 valence electrons. The molecule has 0 fully saturated rings. The monoisotopic (exact) mass is 235 g/mol. The Morgan fingerprint density at radius 3 is 3.06 bits per heavy atom. The Labute approximate surface area is 101 Å². The second kappa shape index (κ2) is 5.10. The fourth-order valence-electron chi connectivity index (χ4n) is 1.83. The molecule has 0 bridgehead atoms. The van der Waals surface area contributed by atoms with Crippen molar-refractivity contribution in [3.05, 3.63) is 30.4 Å². The normalized spacial score (nSPS) is 14.5. The van der Waals surface area contributed by atoms with Crippen LogP contribution in [0.15, 0.2) is 24.8 Å². The van der Waals surface area contributed by atoms with E-state index in [-0.39, 0.29) is 12.8 Å². The van der Waals surface area contributed by atoms with Crippen molar-refractivity contribution in [3.63, 3.8) is 0 Å². The van der Waals surface area contributed by atoms with Crippen LogP contribution in [0.3, 0.4) is 0 Å². The van der Waals surface area contributed by atoms with Crippen LogP contribution in [0.25, 0.3) is 0 Å². The van der Waals surface area contributed by atoms with Crippen molar-refractivity contribution in [3.8, 4) is 17.2 Å². The van der Waals surface area contributed by atoms with Crippen molar-refractivity contribution in [2.24, 2.45) is 5.73 Å². The second-order valence-electron chi connectivity index (χ2n) is 3.93. The van der Waals surface area contributed by atoms with Crippen LogP contribution in [-0.2, 0) is 0 Å². The standard InChI is InChI=1S/C13H17NO3/c1-3-4-5-10(14)9-6-11(15-2)13-12(7-9)16-8-17-13/h3,6-7,10H,1,4-5,8,14H2,2H3/t10-/m1/s1. The Kier molecular flexibility index (Phi) is 3.54. The molecule has 4 heteroatoms. The summed E-state index contributed by atoms with van der Waals surface area (Å²) in [4.78, 5) is 0. The number of fused-ring (bicyclic) bond motifs is 1. The summed E-state index contributed by atoms with van der Waals surface area (Å²) in [5.74, 6) is 2.03. The van der Waals surface area contributed by atoms with E-state index in [0.717, 1.165) is 18.4 Å². The van der Waals surface area contributed by atoms with Crippen LogP contribution < -0.4 is 19.9 Å². The van der Waals surface area contributed by atoms with E-state index in [1.165, 1.54) is 0 Å². The zero-order chi connectivity index (χ0) is 12.3. The van der Waals surface area contributed by atoms with Crippen molar-refractivity contribution < 1.29 is 14.2 Å². The van der Waals surface area contributed by atoms with Crippen LogP contribution >= 0.6 is 0 Å². The quantitative estimate of drug-likeness (QED) is 0.796. The predicted octanol–water partition coefficient (Wildman–Crippen LogP) is 2.39. The second-order valence-corrected chi connectivity index (χ2v) is 3.93. The van der Waals surface area contributed by atoms with Gasteiger partial charge in [-0.05, 0) is 30.5 Å². The lowest BCUT2D eigenvalue weighted by Gasteiger charge is -2.13. The van der Waals surface area contributed by atoms with Crippen LogP contribution in [0.1, 0.15) is 24.4 Å². The maximum atomic E-state index is 6.10. The van der Waals surface area contributed by atoms with Gasteiger partial charge in [0.1, 0.15) is 0 Å². The molecule has 2 rings (SSSR count). The minimum absolute atomic E-state index is 0.0450. The first kappa shape index (κ1) is 11.8. The number of benzene rings is 1. The topological polar surface area (TPSA) is 53.7 Å². The summed E-state index contributed by atoms with van der Waals surface area (Å²) in [5, 5.41) is 0. The van der Waals surface area contributed by atoms with Crippen LogP contribution in [0.2, 0.25) is 0 Å². The summed E-state index contributed by atoms with van der Waals surface area (Å²) in [6, 6.07) is 3.77. The first-order valence-electron chi connectivity index (χ1n) is 5.60. The molecular formula is C13H17NO3. The molecule has 17 heavy (non-hydrogen) atoms. The van der Waals surface area contributed by atoms with Gasteiger partial charge in [0.05, 0.1) is 7.11 Å². The molecule has 1 atom stereocenters. The van der Waals surface area contributed by atoms with E-state index in [9.17, 15) is 0 Å². The van der Waals surface area contributed by atoms with Gasteiger partial charge >= 0.3 is 0 Å². The lowest BCUT2D eigenvalue weighted by Crippen LogP contribution is -2.10. The Balaban J connectivity index is 2.26. The minimum atomic E-state index is -0.0450. The Morgan fingerprint density at radius 1 is 1.53 bits per heavy atom. The highest BCUT2D eigenvalue weighted by Crippen LogP contribution is 2.43. The van der Waals surface area contributed by atoms with Gasteiger partial charge in [-0.2, -0.15) is 0 Å². The van der Waals surface area contributed by atoms with E-state index >= 15 is 0 Å². The van der Waals surface area contributed by atoms with Gasteiger partial charge in [-0.1, -0.05) is 6.08 Å². The number of rotatable bonds is 5. The van der Waals surface area contributed by atoms with Gasteiger partial charge in [0.15, 0.2) is 11.5 Å². The molecule has 0 aromatic heterocycles. The number of nitrogens with two attached hydrogens (primary N) is 1. The van der Waals surface area contributed by atoms with Gasteiger partial charge in [-0.25, -0.2) is 0 Å². The average molecular weight is 235 g/mol. The maximum absolute atomic E-state index is 6.10. The number of hydrogen-bond acceptors (Lipinski definition) is 4. The summed E-state index contributed by atoms with van der Waals surface area (Å²) in [5.41, 5.74) is 7.09. The van der Waals surface area contributed by atoms with E-state index in [1.54, 1.807) is 7.11 Å². The summed E-state index contributed by atoms with van der Waals surface area (Å²) >= 11 is 0. The third-order valence-electron chi connectivity index (χ3n) is 2.79. The molecule has 0 aliphatic carbocycles. The van der Waals surface area contributed by atoms with E-state index in [1.807, 2.05) is 18.2 Å². The molecule has 0 unspecified atom stereocenters. The van der Waals surface area contributed by atoms with Crippen LogP contribution in [0.4, 0.5) is 0 Å². The lowest BCUT2D eigenvalue weighted by molar-refractivity contribution is 0.171. The van der Waals surface area contributed by atoms with Crippen LogP contribution in [-0.4, -0.2) is 13.9 Å². The van der Waals surface area contributed by atoms with Crippen molar-refractivity contribution in [2.45, 2.75) is 18.9 Å². The SMILES string of the molecule is C=CCC[C@@H](N)c1cc(OC)c2c(c1)OCO2. The van der Waals surface area contributed by atoms with Crippen LogP contribution in [0, 0.1) is 0 Å². The smallest absolute Gasteiger partial charge is 0.231 e. The molecule has 0 radical (unpaired) electrons. The predicted molar refractivity (Wildman–Crippen MR) is 65.5 cm³/mol. The number of hydrogen-bond donors (Lipinski definition) is 1. The average Bonchev–Trinajstić information content (AvgIpc) is 2.82. The zero-order valence-electron chi connectivity index (χ0n) is 9.94. The largest absolute Gasteiger partial charge is 0.493 e. The number of methoxy groups -OCH3 is 1. The molecule has 0 spiro atoms. The Bertz CT molecular complexity index is 417. The van der Waals surface area contributed by atoms with Crippen molar-refractivity contribution in [1.29, 1.82) is 0 Å². The highest BCUT2D eigenvalue weighted by molar-refractivity contribution is 5.55. The molecule has 1 aromatic carbocycles. The third-order valence-corrected chi connectivity index (χ3v) is 2.79. The molecule has 0 amide bonds. The van der Waals surface area contributed by atoms with Gasteiger partial charge in [0.2, 0.25) is 12.5 Å². The van der Waals surface area contributed by atoms with Gasteiger partial charge in [0.25, 0.3) is 0 Å². The molecule has 1 aliphatic rings.